The molecule has 0 bridgehead atoms. The highest BCUT2D eigenvalue weighted by Crippen LogP contribution is 2.63. The van der Waals surface area contributed by atoms with Crippen molar-refractivity contribution >= 4 is 5.78 Å². The Bertz CT molecular complexity index is 457. The first-order valence-corrected chi connectivity index (χ1v) is 7.00. The van der Waals surface area contributed by atoms with Gasteiger partial charge in [0.15, 0.2) is 0 Å². The molecule has 0 aliphatic heterocycles. The van der Waals surface area contributed by atoms with E-state index in [0.29, 0.717) is 17.1 Å². The largest absolute Gasteiger partial charge is 0.472 e. The number of carbonyl (C=O) groups excluding carboxylic acids is 1. The predicted molar refractivity (Wildman–Crippen MR) is 70.3 cm³/mol. The summed E-state index contributed by atoms with van der Waals surface area (Å²) >= 11 is 0. The van der Waals surface area contributed by atoms with Gasteiger partial charge >= 0.3 is 0 Å². The average Bonchev–Trinajstić information content (AvgIpc) is 2.84. The number of furan rings is 1. The second-order valence-electron chi connectivity index (χ2n) is 7.06. The lowest BCUT2D eigenvalue weighted by atomic mass is 9.55. The van der Waals surface area contributed by atoms with Crippen molar-refractivity contribution in [2.24, 2.45) is 16.7 Å². The molecule has 1 aromatic rings. The molecule has 2 aliphatic carbocycles. The number of hydrogen-bond donors (Lipinski definition) is 0. The van der Waals surface area contributed by atoms with Gasteiger partial charge in [-0.05, 0) is 35.7 Å². The van der Waals surface area contributed by atoms with Gasteiger partial charge in [0.25, 0.3) is 0 Å². The van der Waals surface area contributed by atoms with Crippen LogP contribution in [0.4, 0.5) is 0 Å². The number of ketones is 1. The first-order valence-electron chi connectivity index (χ1n) is 7.00. The van der Waals surface area contributed by atoms with Crippen LogP contribution in [0.2, 0.25) is 0 Å². The zero-order valence-electron chi connectivity index (χ0n) is 11.5. The van der Waals surface area contributed by atoms with E-state index in [-0.39, 0.29) is 11.3 Å². The first kappa shape index (κ1) is 12.0. The van der Waals surface area contributed by atoms with Crippen LogP contribution in [0.5, 0.6) is 0 Å². The van der Waals surface area contributed by atoms with E-state index in [0.717, 1.165) is 12.0 Å². The minimum atomic E-state index is 0.0563. The Morgan fingerprint density at radius 3 is 2.72 bits per heavy atom. The molecule has 0 amide bonds. The van der Waals surface area contributed by atoms with Crippen molar-refractivity contribution in [1.82, 2.24) is 0 Å². The van der Waals surface area contributed by atoms with Gasteiger partial charge in [-0.15, -0.1) is 0 Å². The maximum absolute atomic E-state index is 12.5. The molecule has 2 heteroatoms. The fourth-order valence-electron chi connectivity index (χ4n) is 4.71. The zero-order chi connectivity index (χ0) is 13.0. The van der Waals surface area contributed by atoms with Gasteiger partial charge in [-0.25, -0.2) is 0 Å². The van der Waals surface area contributed by atoms with E-state index in [1.807, 2.05) is 6.07 Å². The van der Waals surface area contributed by atoms with Crippen molar-refractivity contribution in [3.8, 4) is 0 Å². The predicted octanol–water partition coefficient (Wildman–Crippen LogP) is 4.17. The van der Waals surface area contributed by atoms with Crippen LogP contribution in [0, 0.1) is 16.7 Å². The lowest BCUT2D eigenvalue weighted by Gasteiger charge is -2.48. The van der Waals surface area contributed by atoms with E-state index in [1.165, 1.54) is 19.3 Å². The molecule has 2 fully saturated rings. The van der Waals surface area contributed by atoms with Gasteiger partial charge in [0.1, 0.15) is 5.78 Å². The molecule has 2 aliphatic rings. The van der Waals surface area contributed by atoms with E-state index >= 15 is 0 Å². The molecular formula is C16H22O2. The Kier molecular flexibility index (Phi) is 2.48. The Morgan fingerprint density at radius 1 is 1.28 bits per heavy atom. The number of Topliss-reactive ketones (excluding diaryl/α,β-unsaturated/α-hetero) is 1. The minimum absolute atomic E-state index is 0.0563. The summed E-state index contributed by atoms with van der Waals surface area (Å²) < 4.78 is 5.20. The third kappa shape index (κ3) is 1.51. The lowest BCUT2D eigenvalue weighted by molar-refractivity contribution is -0.119. The van der Waals surface area contributed by atoms with Crippen LogP contribution in [0.15, 0.2) is 23.0 Å². The summed E-state index contributed by atoms with van der Waals surface area (Å²) in [6, 6.07) is 1.97. The number of hydrogen-bond acceptors (Lipinski definition) is 2. The van der Waals surface area contributed by atoms with Gasteiger partial charge in [-0.2, -0.15) is 0 Å². The van der Waals surface area contributed by atoms with Crippen molar-refractivity contribution in [2.75, 3.05) is 0 Å². The van der Waals surface area contributed by atoms with Crippen LogP contribution in [0.25, 0.3) is 0 Å². The highest BCUT2D eigenvalue weighted by molar-refractivity contribution is 5.89. The molecule has 0 N–H and O–H groups in total. The van der Waals surface area contributed by atoms with Crippen molar-refractivity contribution in [3.63, 3.8) is 0 Å². The monoisotopic (exact) mass is 246 g/mol. The first-order chi connectivity index (χ1) is 8.45. The van der Waals surface area contributed by atoms with Crippen molar-refractivity contribution in [2.45, 2.75) is 52.4 Å². The third-order valence-corrected chi connectivity index (χ3v) is 5.54. The maximum Gasteiger partial charge on any atom is 0.141 e. The Morgan fingerprint density at radius 2 is 2.06 bits per heavy atom. The standard InChI is InChI=1S/C16H22O2/c1-15(2)6-4-7-16(3)13(15)9-12(17)14(16)11-5-8-18-10-11/h5,8,10,13-14H,4,6-7,9H2,1-3H3/t13-,14-,16+/m1/s1. The SMILES string of the molecule is CC1(C)CCC[C@@]2(C)[C@@H]1CC(=O)[C@H]2c1ccoc1. The van der Waals surface area contributed by atoms with Gasteiger partial charge in [-0.1, -0.05) is 27.2 Å². The van der Waals surface area contributed by atoms with E-state index in [4.69, 9.17) is 4.42 Å². The Labute approximate surface area is 109 Å². The number of rotatable bonds is 1. The van der Waals surface area contributed by atoms with Crippen molar-refractivity contribution in [1.29, 1.82) is 0 Å². The quantitative estimate of drug-likeness (QED) is 0.744. The molecule has 0 aromatic carbocycles. The smallest absolute Gasteiger partial charge is 0.141 e. The fourth-order valence-corrected chi connectivity index (χ4v) is 4.71. The van der Waals surface area contributed by atoms with E-state index < -0.39 is 0 Å². The molecular weight excluding hydrogens is 224 g/mol. The van der Waals surface area contributed by atoms with Crippen LogP contribution in [0.1, 0.15) is 57.9 Å². The van der Waals surface area contributed by atoms with E-state index in [9.17, 15) is 4.79 Å². The lowest BCUT2D eigenvalue weighted by Crippen LogP contribution is -2.40. The Hall–Kier alpha value is -1.05. The summed E-state index contributed by atoms with van der Waals surface area (Å²) in [5, 5.41) is 0. The molecule has 2 nitrogen and oxygen atoms in total. The molecule has 3 atom stereocenters. The second-order valence-corrected chi connectivity index (χ2v) is 7.06. The second kappa shape index (κ2) is 3.72. The average molecular weight is 246 g/mol. The van der Waals surface area contributed by atoms with Gasteiger partial charge in [0.05, 0.1) is 18.4 Å². The van der Waals surface area contributed by atoms with E-state index in [1.54, 1.807) is 12.5 Å². The van der Waals surface area contributed by atoms with Gasteiger partial charge in [0.2, 0.25) is 0 Å². The summed E-state index contributed by atoms with van der Waals surface area (Å²) in [6.07, 6.45) is 7.85. The van der Waals surface area contributed by atoms with Gasteiger partial charge in [0, 0.05) is 12.0 Å². The van der Waals surface area contributed by atoms with Gasteiger partial charge < -0.3 is 4.42 Å². The third-order valence-electron chi connectivity index (χ3n) is 5.54. The summed E-state index contributed by atoms with van der Waals surface area (Å²) in [5.41, 5.74) is 1.51. The highest BCUT2D eigenvalue weighted by Gasteiger charge is 2.58. The zero-order valence-corrected chi connectivity index (χ0v) is 11.5. The molecule has 0 spiro atoms. The fraction of sp³-hybridized carbons (Fsp3) is 0.688. The molecule has 0 saturated heterocycles. The molecule has 2 saturated carbocycles. The molecule has 0 unspecified atom stereocenters. The minimum Gasteiger partial charge on any atom is -0.472 e. The Balaban J connectivity index is 2.04. The molecule has 18 heavy (non-hydrogen) atoms. The van der Waals surface area contributed by atoms with E-state index in [2.05, 4.69) is 20.8 Å². The van der Waals surface area contributed by atoms with Crippen LogP contribution < -0.4 is 0 Å². The summed E-state index contributed by atoms with van der Waals surface area (Å²) in [7, 11) is 0. The normalized spacial score (nSPS) is 38.7. The topological polar surface area (TPSA) is 30.2 Å². The molecule has 3 rings (SSSR count). The van der Waals surface area contributed by atoms with Crippen LogP contribution in [-0.2, 0) is 4.79 Å². The van der Waals surface area contributed by atoms with Crippen LogP contribution in [0.3, 0.4) is 0 Å². The molecule has 0 radical (unpaired) electrons. The summed E-state index contributed by atoms with van der Waals surface area (Å²) in [4.78, 5) is 12.5. The number of carbonyl (C=O) groups is 1. The van der Waals surface area contributed by atoms with Crippen molar-refractivity contribution in [3.05, 3.63) is 24.2 Å². The number of fused-ring (bicyclic) bond motifs is 1. The van der Waals surface area contributed by atoms with Crippen LogP contribution in [-0.4, -0.2) is 5.78 Å². The summed E-state index contributed by atoms with van der Waals surface area (Å²) in [6.45, 7) is 6.99. The van der Waals surface area contributed by atoms with Gasteiger partial charge in [-0.3, -0.25) is 4.79 Å². The highest BCUT2D eigenvalue weighted by atomic mass is 16.3. The maximum atomic E-state index is 12.5. The van der Waals surface area contributed by atoms with Crippen molar-refractivity contribution < 1.29 is 9.21 Å². The summed E-state index contributed by atoms with van der Waals surface area (Å²) in [5.74, 6) is 0.992. The molecule has 1 heterocycles. The van der Waals surface area contributed by atoms with Crippen LogP contribution >= 0.6 is 0 Å². The molecule has 98 valence electrons. The molecule has 1 aromatic heterocycles.